The summed E-state index contributed by atoms with van der Waals surface area (Å²) in [5.41, 5.74) is 5.83. The maximum Gasteiger partial charge on any atom is 0.224 e. The van der Waals surface area contributed by atoms with Crippen molar-refractivity contribution in [3.05, 3.63) is 66.2 Å². The highest BCUT2D eigenvalue weighted by Crippen LogP contribution is 2.42. The molecular weight excluding hydrogens is 364 g/mol. The zero-order valence-corrected chi connectivity index (χ0v) is 17.7. The van der Waals surface area contributed by atoms with E-state index >= 15 is 0 Å². The molecular formula is C24H30N2OS. The first-order valence-corrected chi connectivity index (χ1v) is 10.4. The third kappa shape index (κ3) is 5.27. The van der Waals surface area contributed by atoms with Gasteiger partial charge >= 0.3 is 0 Å². The van der Waals surface area contributed by atoms with Crippen LogP contribution < -0.4 is 10.0 Å². The molecule has 0 aromatic heterocycles. The molecule has 3 nitrogen and oxygen atoms in total. The molecule has 2 aromatic rings. The summed E-state index contributed by atoms with van der Waals surface area (Å²) in [6.07, 6.45) is 3.74. The number of rotatable bonds is 6. The minimum Gasteiger partial charge on any atom is -0.326 e. The van der Waals surface area contributed by atoms with E-state index in [9.17, 15) is 4.79 Å². The summed E-state index contributed by atoms with van der Waals surface area (Å²) in [7, 11) is 0. The largest absolute Gasteiger partial charge is 0.326 e. The van der Waals surface area contributed by atoms with Crippen molar-refractivity contribution in [2.24, 2.45) is 11.3 Å². The Kier molecular flexibility index (Phi) is 6.63. The zero-order valence-electron chi connectivity index (χ0n) is 16.8. The average molecular weight is 395 g/mol. The lowest BCUT2D eigenvalue weighted by molar-refractivity contribution is -0.117. The van der Waals surface area contributed by atoms with Crippen molar-refractivity contribution < 1.29 is 4.79 Å². The molecule has 1 aliphatic rings. The summed E-state index contributed by atoms with van der Waals surface area (Å²) in [4.78, 5) is 12.6. The van der Waals surface area contributed by atoms with E-state index in [1.807, 2.05) is 24.3 Å². The van der Waals surface area contributed by atoms with Gasteiger partial charge in [0.2, 0.25) is 5.91 Å². The van der Waals surface area contributed by atoms with Crippen LogP contribution in [0.4, 0.5) is 5.69 Å². The highest BCUT2D eigenvalue weighted by Gasteiger charge is 2.31. The summed E-state index contributed by atoms with van der Waals surface area (Å²) in [6.45, 7) is 9.46. The Bertz CT molecular complexity index is 842. The first-order valence-electron chi connectivity index (χ1n) is 9.91. The highest BCUT2D eigenvalue weighted by atomic mass is 32.1. The molecule has 1 atom stereocenters. The van der Waals surface area contributed by atoms with Gasteiger partial charge in [-0.05, 0) is 59.4 Å². The maximum atomic E-state index is 12.6. The molecule has 0 heterocycles. The molecule has 1 saturated carbocycles. The van der Waals surface area contributed by atoms with Gasteiger partial charge in [-0.15, -0.1) is 0 Å². The number of anilines is 1. The van der Waals surface area contributed by atoms with E-state index in [0.29, 0.717) is 18.4 Å². The normalized spacial score (nSPS) is 18.7. The quantitative estimate of drug-likeness (QED) is 0.415. The van der Waals surface area contributed by atoms with Gasteiger partial charge in [0.25, 0.3) is 0 Å². The Morgan fingerprint density at radius 2 is 1.89 bits per heavy atom. The van der Waals surface area contributed by atoms with Crippen molar-refractivity contribution in [3.63, 3.8) is 0 Å². The topological polar surface area (TPSA) is 41.1 Å². The summed E-state index contributed by atoms with van der Waals surface area (Å²) in [5.74, 6) is 0.347. The number of amides is 1. The Morgan fingerprint density at radius 3 is 2.61 bits per heavy atom. The summed E-state index contributed by atoms with van der Waals surface area (Å²) in [5, 5.41) is 3.05. The van der Waals surface area contributed by atoms with Gasteiger partial charge < -0.3 is 5.32 Å². The summed E-state index contributed by atoms with van der Waals surface area (Å²) in [6, 6.07) is 16.3. The van der Waals surface area contributed by atoms with Crippen LogP contribution in [0.1, 0.15) is 45.1 Å². The second kappa shape index (κ2) is 8.97. The van der Waals surface area contributed by atoms with Crippen LogP contribution in [0.25, 0.3) is 11.1 Å². The third-order valence-electron chi connectivity index (χ3n) is 5.70. The van der Waals surface area contributed by atoms with E-state index in [2.05, 4.69) is 67.5 Å². The van der Waals surface area contributed by atoms with Crippen molar-refractivity contribution in [3.8, 4) is 11.1 Å². The second-order valence-corrected chi connectivity index (χ2v) is 8.86. The summed E-state index contributed by atoms with van der Waals surface area (Å²) < 4.78 is 2.91. The van der Waals surface area contributed by atoms with Crippen LogP contribution in [0, 0.1) is 11.3 Å². The van der Waals surface area contributed by atoms with Gasteiger partial charge in [0, 0.05) is 18.7 Å². The predicted octanol–water partition coefficient (Wildman–Crippen LogP) is 6.00. The molecule has 4 heteroatoms. The van der Waals surface area contributed by atoms with E-state index in [1.165, 1.54) is 16.7 Å². The number of hydrogen-bond donors (Lipinski definition) is 3. The molecule has 1 fully saturated rings. The van der Waals surface area contributed by atoms with Crippen molar-refractivity contribution in [1.82, 2.24) is 4.72 Å². The monoisotopic (exact) mass is 394 g/mol. The first-order chi connectivity index (χ1) is 13.4. The zero-order chi connectivity index (χ0) is 20.1. The molecule has 0 saturated heterocycles. The van der Waals surface area contributed by atoms with Crippen molar-refractivity contribution in [2.75, 3.05) is 5.32 Å². The van der Waals surface area contributed by atoms with E-state index in [1.54, 1.807) is 0 Å². The highest BCUT2D eigenvalue weighted by molar-refractivity contribution is 7.78. The molecule has 3 rings (SSSR count). The van der Waals surface area contributed by atoms with Crippen LogP contribution in [-0.2, 0) is 11.3 Å². The smallest absolute Gasteiger partial charge is 0.224 e. The molecule has 2 aromatic carbocycles. The van der Waals surface area contributed by atoms with E-state index < -0.39 is 0 Å². The van der Waals surface area contributed by atoms with E-state index in [-0.39, 0.29) is 11.8 Å². The van der Waals surface area contributed by atoms with Gasteiger partial charge in [0.15, 0.2) is 0 Å². The number of carbonyl (C=O) groups excluding carboxylic acids is 1. The molecule has 0 aliphatic heterocycles. The van der Waals surface area contributed by atoms with Crippen molar-refractivity contribution in [2.45, 2.75) is 46.1 Å². The van der Waals surface area contributed by atoms with Crippen molar-refractivity contribution >= 4 is 24.4 Å². The molecule has 0 spiro atoms. The van der Waals surface area contributed by atoms with Gasteiger partial charge in [0.1, 0.15) is 0 Å². The van der Waals surface area contributed by atoms with Gasteiger partial charge in [-0.25, -0.2) is 0 Å². The molecule has 1 unspecified atom stereocenters. The molecule has 1 aliphatic carbocycles. The SMILES string of the molecule is C=C1CCC(C)(C)CC1CC(=O)Nc1ccc(-c2ccccc2CNS)cc1. The Labute approximate surface area is 174 Å². The summed E-state index contributed by atoms with van der Waals surface area (Å²) >= 11 is 4.11. The number of benzene rings is 2. The van der Waals surface area contributed by atoms with Crippen LogP contribution in [0.15, 0.2) is 60.7 Å². The van der Waals surface area contributed by atoms with Gasteiger partial charge in [-0.3, -0.25) is 9.52 Å². The van der Waals surface area contributed by atoms with Crippen LogP contribution in [0.3, 0.4) is 0 Å². The van der Waals surface area contributed by atoms with E-state index in [0.717, 1.165) is 30.5 Å². The number of nitrogens with one attached hydrogen (secondary N) is 2. The standard InChI is InChI=1S/C24H30N2OS/c1-17-12-13-24(2,3)15-20(17)14-23(27)26-21-10-8-18(9-11-21)22-7-5-4-6-19(22)16-25-28/h4-11,20,25,28H,1,12-16H2,2-3H3,(H,26,27). The second-order valence-electron chi connectivity index (χ2n) is 8.55. The Morgan fingerprint density at radius 1 is 1.18 bits per heavy atom. The van der Waals surface area contributed by atoms with Crippen LogP contribution >= 0.6 is 12.8 Å². The van der Waals surface area contributed by atoms with Crippen LogP contribution in [0.5, 0.6) is 0 Å². The number of thiol groups is 1. The number of allylic oxidation sites excluding steroid dienone is 1. The molecule has 0 radical (unpaired) electrons. The number of carbonyl (C=O) groups is 1. The fraction of sp³-hybridized carbons (Fsp3) is 0.375. The predicted molar refractivity (Wildman–Crippen MR) is 121 cm³/mol. The minimum absolute atomic E-state index is 0.0660. The van der Waals surface area contributed by atoms with E-state index in [4.69, 9.17) is 0 Å². The molecule has 148 valence electrons. The van der Waals surface area contributed by atoms with Crippen molar-refractivity contribution in [1.29, 1.82) is 0 Å². The Balaban J connectivity index is 1.64. The maximum absolute atomic E-state index is 12.6. The number of hydrogen-bond acceptors (Lipinski definition) is 3. The van der Waals surface area contributed by atoms with Gasteiger partial charge in [0.05, 0.1) is 0 Å². The lowest BCUT2D eigenvalue weighted by Gasteiger charge is -2.36. The lowest BCUT2D eigenvalue weighted by atomic mass is 9.69. The van der Waals surface area contributed by atoms with Gasteiger partial charge in [-0.2, -0.15) is 0 Å². The third-order valence-corrected chi connectivity index (χ3v) is 5.86. The Hall–Kier alpha value is -2.04. The lowest BCUT2D eigenvalue weighted by Crippen LogP contribution is -2.27. The fourth-order valence-corrected chi connectivity index (χ4v) is 4.21. The minimum atomic E-state index is 0.0660. The first kappa shape index (κ1) is 20.7. The van der Waals surface area contributed by atoms with Crippen LogP contribution in [0.2, 0.25) is 0 Å². The average Bonchev–Trinajstić information content (AvgIpc) is 2.66. The van der Waals surface area contributed by atoms with Crippen LogP contribution in [-0.4, -0.2) is 5.91 Å². The molecule has 28 heavy (non-hydrogen) atoms. The molecule has 2 N–H and O–H groups in total. The fourth-order valence-electron chi connectivity index (χ4n) is 4.04. The molecule has 0 bridgehead atoms. The van der Waals surface area contributed by atoms with Gasteiger partial charge in [-0.1, -0.05) is 75.2 Å². The molecule has 1 amide bonds.